The van der Waals surface area contributed by atoms with Crippen molar-refractivity contribution in [3.05, 3.63) is 46.9 Å². The number of ether oxygens (including phenoxy) is 2. The molecule has 1 aliphatic rings. The van der Waals surface area contributed by atoms with Gasteiger partial charge in [-0.1, -0.05) is 28.1 Å². The van der Waals surface area contributed by atoms with Crippen molar-refractivity contribution >= 4 is 37.5 Å². The lowest BCUT2D eigenvalue weighted by molar-refractivity contribution is -0.127. The molecule has 1 heterocycles. The third-order valence-corrected chi connectivity index (χ3v) is 6.34. The van der Waals surface area contributed by atoms with Crippen LogP contribution in [0.15, 0.2) is 51.8 Å². The van der Waals surface area contributed by atoms with Gasteiger partial charge >= 0.3 is 0 Å². The zero-order valence-corrected chi connectivity index (χ0v) is 17.2. The number of fused-ring (bicyclic) bond motifs is 1. The van der Waals surface area contributed by atoms with Crippen LogP contribution in [-0.4, -0.2) is 40.6 Å². The number of nitrogens with zero attached hydrogens (tertiary/aromatic N) is 1. The smallest absolute Gasteiger partial charge is 0.268 e. The van der Waals surface area contributed by atoms with E-state index in [4.69, 9.17) is 9.47 Å². The fourth-order valence-electron chi connectivity index (χ4n) is 2.80. The normalized spacial score (nSPS) is 16.3. The number of benzene rings is 2. The van der Waals surface area contributed by atoms with Crippen LogP contribution in [0.2, 0.25) is 0 Å². The lowest BCUT2D eigenvalue weighted by Gasteiger charge is -2.34. The molecule has 1 unspecified atom stereocenters. The molecule has 0 spiro atoms. The highest BCUT2D eigenvalue weighted by molar-refractivity contribution is 9.10. The molecular weight excluding hydrogens is 436 g/mol. The molecule has 9 heteroatoms. The minimum absolute atomic E-state index is 0.0195. The van der Waals surface area contributed by atoms with Crippen LogP contribution >= 0.6 is 15.9 Å². The SMILES string of the molecule is CCOc1ccc(Br)cc1S(=O)(=O)N1CC(C(=O)NC)Oc2ccccc21. The number of hydrogen-bond donors (Lipinski definition) is 1. The van der Waals surface area contributed by atoms with Crippen LogP contribution < -0.4 is 19.1 Å². The van der Waals surface area contributed by atoms with Crippen molar-refractivity contribution in [2.24, 2.45) is 0 Å². The number of nitrogens with one attached hydrogen (secondary N) is 1. The average molecular weight is 455 g/mol. The van der Waals surface area contributed by atoms with Crippen LogP contribution in [0.3, 0.4) is 0 Å². The molecule has 3 rings (SSSR count). The number of carbonyl (C=O) groups is 1. The molecule has 0 saturated carbocycles. The van der Waals surface area contributed by atoms with Gasteiger partial charge in [0.25, 0.3) is 15.9 Å². The molecule has 7 nitrogen and oxygen atoms in total. The predicted molar refractivity (Wildman–Crippen MR) is 105 cm³/mol. The van der Waals surface area contributed by atoms with Gasteiger partial charge in [-0.2, -0.15) is 0 Å². The number of amides is 1. The summed E-state index contributed by atoms with van der Waals surface area (Å²) in [6.45, 7) is 1.96. The van der Waals surface area contributed by atoms with Crippen molar-refractivity contribution in [1.82, 2.24) is 5.32 Å². The fourth-order valence-corrected chi connectivity index (χ4v) is 4.95. The lowest BCUT2D eigenvalue weighted by atomic mass is 10.2. The van der Waals surface area contributed by atoms with Gasteiger partial charge in [-0.05, 0) is 37.3 Å². The molecule has 0 radical (unpaired) electrons. The van der Waals surface area contributed by atoms with E-state index in [9.17, 15) is 13.2 Å². The van der Waals surface area contributed by atoms with Crippen molar-refractivity contribution in [3.8, 4) is 11.5 Å². The first-order valence-electron chi connectivity index (χ1n) is 8.31. The Morgan fingerprint density at radius 2 is 2.07 bits per heavy atom. The molecule has 1 N–H and O–H groups in total. The first-order valence-corrected chi connectivity index (χ1v) is 10.5. The molecule has 0 saturated heterocycles. The number of para-hydroxylation sites is 2. The zero-order valence-electron chi connectivity index (χ0n) is 14.8. The first-order chi connectivity index (χ1) is 12.9. The summed E-state index contributed by atoms with van der Waals surface area (Å²) in [5.74, 6) is 0.180. The highest BCUT2D eigenvalue weighted by Gasteiger charge is 2.38. The van der Waals surface area contributed by atoms with Gasteiger partial charge in [-0.15, -0.1) is 0 Å². The molecule has 1 aliphatic heterocycles. The summed E-state index contributed by atoms with van der Waals surface area (Å²) in [5, 5.41) is 2.50. The van der Waals surface area contributed by atoms with Crippen LogP contribution in [0, 0.1) is 0 Å². The minimum atomic E-state index is -4.01. The van der Waals surface area contributed by atoms with E-state index < -0.39 is 22.0 Å². The van der Waals surface area contributed by atoms with Gasteiger partial charge in [-0.3, -0.25) is 9.10 Å². The summed E-state index contributed by atoms with van der Waals surface area (Å²) in [6.07, 6.45) is -0.956. The Hall–Kier alpha value is -2.26. The second-order valence-corrected chi connectivity index (χ2v) is 8.50. The zero-order chi connectivity index (χ0) is 19.6. The molecule has 2 aromatic rings. The summed E-state index contributed by atoms with van der Waals surface area (Å²) in [7, 11) is -2.53. The Balaban J connectivity index is 2.13. The van der Waals surface area contributed by atoms with Crippen LogP contribution in [0.4, 0.5) is 5.69 Å². The van der Waals surface area contributed by atoms with Gasteiger partial charge in [0.05, 0.1) is 18.8 Å². The van der Waals surface area contributed by atoms with E-state index in [1.54, 1.807) is 43.3 Å². The number of carbonyl (C=O) groups excluding carboxylic acids is 1. The fraction of sp³-hybridized carbons (Fsp3) is 0.278. The Kier molecular flexibility index (Phi) is 5.61. The second-order valence-electron chi connectivity index (χ2n) is 5.75. The van der Waals surface area contributed by atoms with Crippen LogP contribution in [0.25, 0.3) is 0 Å². The summed E-state index contributed by atoms with van der Waals surface area (Å²) >= 11 is 3.31. The molecule has 1 amide bonds. The number of rotatable bonds is 5. The molecule has 0 aliphatic carbocycles. The molecule has 0 bridgehead atoms. The van der Waals surface area contributed by atoms with Crippen molar-refractivity contribution in [1.29, 1.82) is 0 Å². The molecule has 0 fully saturated rings. The third-order valence-electron chi connectivity index (χ3n) is 4.05. The monoisotopic (exact) mass is 454 g/mol. The second kappa shape index (κ2) is 7.77. The molecular formula is C18H19BrN2O5S. The quantitative estimate of drug-likeness (QED) is 0.749. The van der Waals surface area contributed by atoms with Crippen LogP contribution in [0.1, 0.15) is 6.92 Å². The van der Waals surface area contributed by atoms with E-state index in [2.05, 4.69) is 21.2 Å². The number of anilines is 1. The summed E-state index contributed by atoms with van der Waals surface area (Å²) in [5.41, 5.74) is 0.375. The minimum Gasteiger partial charge on any atom is -0.492 e. The molecule has 1 atom stereocenters. The average Bonchev–Trinajstić information content (AvgIpc) is 2.67. The largest absolute Gasteiger partial charge is 0.492 e. The first kappa shape index (κ1) is 19.5. The van der Waals surface area contributed by atoms with E-state index in [-0.39, 0.29) is 17.2 Å². The van der Waals surface area contributed by atoms with Gasteiger partial charge in [0.2, 0.25) is 0 Å². The Labute approximate surface area is 166 Å². The number of sulfonamides is 1. The van der Waals surface area contributed by atoms with Gasteiger partial charge in [0.1, 0.15) is 16.4 Å². The topological polar surface area (TPSA) is 84.9 Å². The Morgan fingerprint density at radius 1 is 1.33 bits per heavy atom. The number of halogens is 1. The van der Waals surface area contributed by atoms with E-state index in [1.807, 2.05) is 0 Å². The van der Waals surface area contributed by atoms with Gasteiger partial charge in [0, 0.05) is 11.5 Å². The third kappa shape index (κ3) is 3.74. The molecule has 2 aromatic carbocycles. The maximum Gasteiger partial charge on any atom is 0.268 e. The van der Waals surface area contributed by atoms with E-state index >= 15 is 0 Å². The summed E-state index contributed by atoms with van der Waals surface area (Å²) in [4.78, 5) is 12.1. The van der Waals surface area contributed by atoms with Crippen molar-refractivity contribution in [2.45, 2.75) is 17.9 Å². The maximum absolute atomic E-state index is 13.5. The van der Waals surface area contributed by atoms with E-state index in [1.165, 1.54) is 17.4 Å². The predicted octanol–water partition coefficient (Wildman–Crippen LogP) is 2.55. The standard InChI is InChI=1S/C18H19BrN2O5S/c1-3-25-15-9-8-12(19)10-17(15)27(23,24)21-11-16(18(22)20-2)26-14-7-5-4-6-13(14)21/h4-10,16H,3,11H2,1-2H3,(H,20,22). The van der Waals surface area contributed by atoms with Crippen LogP contribution in [-0.2, 0) is 14.8 Å². The number of hydrogen-bond acceptors (Lipinski definition) is 5. The van der Waals surface area contributed by atoms with Gasteiger partial charge < -0.3 is 14.8 Å². The van der Waals surface area contributed by atoms with Crippen molar-refractivity contribution < 1.29 is 22.7 Å². The lowest BCUT2D eigenvalue weighted by Crippen LogP contribution is -2.50. The Bertz CT molecular complexity index is 964. The van der Waals surface area contributed by atoms with Gasteiger partial charge in [-0.25, -0.2) is 8.42 Å². The van der Waals surface area contributed by atoms with Crippen LogP contribution in [0.5, 0.6) is 11.5 Å². The maximum atomic E-state index is 13.5. The summed E-state index contributed by atoms with van der Waals surface area (Å²) in [6, 6.07) is 11.5. The number of likely N-dealkylation sites (N-methyl/N-ethyl adjacent to an activating group) is 1. The highest BCUT2D eigenvalue weighted by Crippen LogP contribution is 2.39. The molecule has 27 heavy (non-hydrogen) atoms. The Morgan fingerprint density at radius 3 is 2.78 bits per heavy atom. The van der Waals surface area contributed by atoms with Gasteiger partial charge in [0.15, 0.2) is 6.10 Å². The van der Waals surface area contributed by atoms with Crippen molar-refractivity contribution in [3.63, 3.8) is 0 Å². The van der Waals surface area contributed by atoms with E-state index in [0.29, 0.717) is 22.5 Å². The molecule has 144 valence electrons. The van der Waals surface area contributed by atoms with E-state index in [0.717, 1.165) is 0 Å². The highest BCUT2D eigenvalue weighted by atomic mass is 79.9. The molecule has 0 aromatic heterocycles. The van der Waals surface area contributed by atoms with Crippen molar-refractivity contribution in [2.75, 3.05) is 24.5 Å². The summed E-state index contributed by atoms with van der Waals surface area (Å²) < 4.78 is 40.0.